The Hall–Kier alpha value is -0.190. The first-order chi connectivity index (χ1) is 5.24. The topological polar surface area (TPSA) is 35.0 Å². The summed E-state index contributed by atoms with van der Waals surface area (Å²) in [6.07, 6.45) is 1.60. The van der Waals surface area contributed by atoms with E-state index in [2.05, 4.69) is 25.9 Å². The molecule has 1 aromatic rings. The molecule has 1 rings (SSSR count). The van der Waals surface area contributed by atoms with Gasteiger partial charge in [-0.2, -0.15) is 0 Å². The Balaban J connectivity index is 2.86. The molecule has 0 saturated carbocycles. The van der Waals surface area contributed by atoms with Gasteiger partial charge in [0.1, 0.15) is 11.8 Å². The van der Waals surface area contributed by atoms with Crippen LogP contribution in [0.15, 0.2) is 10.7 Å². The molecule has 1 aromatic heterocycles. The highest BCUT2D eigenvalue weighted by Crippen LogP contribution is 2.17. The molecule has 3 nitrogen and oxygen atoms in total. The first kappa shape index (κ1) is 8.90. The fourth-order valence-corrected chi connectivity index (χ4v) is 0.916. The summed E-state index contributed by atoms with van der Waals surface area (Å²) in [7, 11) is 1.58. The van der Waals surface area contributed by atoms with Gasteiger partial charge >= 0.3 is 0 Å². The lowest BCUT2D eigenvalue weighted by atomic mass is 10.6. The van der Waals surface area contributed by atoms with E-state index < -0.39 is 0 Å². The molecule has 0 aliphatic heterocycles. The van der Waals surface area contributed by atoms with Crippen molar-refractivity contribution in [3.63, 3.8) is 0 Å². The minimum Gasteiger partial charge on any atom is -0.377 e. The van der Waals surface area contributed by atoms with Gasteiger partial charge in [0, 0.05) is 13.3 Å². The predicted molar refractivity (Wildman–Crippen MR) is 45.5 cm³/mol. The molecule has 0 bridgehead atoms. The minimum atomic E-state index is 0.382. The Morgan fingerprint density at radius 1 is 1.73 bits per heavy atom. The number of aromatic nitrogens is 2. The van der Waals surface area contributed by atoms with Crippen molar-refractivity contribution in [2.24, 2.45) is 0 Å². The Morgan fingerprint density at radius 3 is 3.00 bits per heavy atom. The summed E-state index contributed by atoms with van der Waals surface area (Å²) >= 11 is 8.88. The van der Waals surface area contributed by atoms with Crippen molar-refractivity contribution in [1.29, 1.82) is 0 Å². The van der Waals surface area contributed by atoms with Crippen molar-refractivity contribution >= 4 is 27.5 Å². The fraction of sp³-hybridized carbons (Fsp3) is 0.333. The molecule has 5 heteroatoms. The van der Waals surface area contributed by atoms with Crippen LogP contribution in [0.1, 0.15) is 5.82 Å². The normalized spacial score (nSPS) is 10.1. The van der Waals surface area contributed by atoms with E-state index in [4.69, 9.17) is 16.3 Å². The van der Waals surface area contributed by atoms with Crippen LogP contribution in [0, 0.1) is 0 Å². The number of nitrogens with zero attached hydrogens (tertiary/aromatic N) is 2. The van der Waals surface area contributed by atoms with Gasteiger partial charge in [-0.25, -0.2) is 9.97 Å². The van der Waals surface area contributed by atoms with Gasteiger partial charge in [0.15, 0.2) is 5.82 Å². The lowest BCUT2D eigenvalue weighted by molar-refractivity contribution is 0.177. The third-order valence-corrected chi connectivity index (χ3v) is 2.12. The van der Waals surface area contributed by atoms with Gasteiger partial charge < -0.3 is 4.74 Å². The third-order valence-electron chi connectivity index (χ3n) is 1.02. The van der Waals surface area contributed by atoms with E-state index in [-0.39, 0.29) is 0 Å². The molecule has 0 aromatic carbocycles. The zero-order chi connectivity index (χ0) is 8.27. The zero-order valence-corrected chi connectivity index (χ0v) is 8.18. The van der Waals surface area contributed by atoms with Crippen LogP contribution in [0.2, 0.25) is 5.15 Å². The van der Waals surface area contributed by atoms with E-state index in [1.54, 1.807) is 13.3 Å². The highest BCUT2D eigenvalue weighted by Gasteiger charge is 2.00. The number of ether oxygens (including phenoxy) is 1. The number of methoxy groups -OCH3 is 1. The molecular weight excluding hydrogens is 231 g/mol. The molecule has 0 fully saturated rings. The quantitative estimate of drug-likeness (QED) is 0.738. The number of hydrogen-bond donors (Lipinski definition) is 0. The van der Waals surface area contributed by atoms with Crippen molar-refractivity contribution in [2.75, 3.05) is 7.11 Å². The predicted octanol–water partition coefficient (Wildman–Crippen LogP) is 2.04. The highest BCUT2D eigenvalue weighted by molar-refractivity contribution is 9.10. The Labute approximate surface area is 77.9 Å². The first-order valence-corrected chi connectivity index (χ1v) is 4.07. The van der Waals surface area contributed by atoms with Crippen LogP contribution >= 0.6 is 27.5 Å². The summed E-state index contributed by atoms with van der Waals surface area (Å²) in [6, 6.07) is 0. The van der Waals surface area contributed by atoms with Gasteiger partial charge in [-0.15, -0.1) is 0 Å². The molecule has 0 aliphatic rings. The van der Waals surface area contributed by atoms with Crippen LogP contribution in [0.5, 0.6) is 0 Å². The van der Waals surface area contributed by atoms with Crippen LogP contribution in [-0.4, -0.2) is 17.1 Å². The fourth-order valence-electron chi connectivity index (χ4n) is 0.579. The summed E-state index contributed by atoms with van der Waals surface area (Å²) in [6.45, 7) is 0.382. The van der Waals surface area contributed by atoms with Crippen LogP contribution in [0.3, 0.4) is 0 Å². The summed E-state index contributed by atoms with van der Waals surface area (Å²) in [5.74, 6) is 0.584. The lowest BCUT2D eigenvalue weighted by Gasteiger charge is -1.98. The van der Waals surface area contributed by atoms with E-state index in [1.807, 2.05) is 0 Å². The van der Waals surface area contributed by atoms with Crippen molar-refractivity contribution in [3.8, 4) is 0 Å². The van der Waals surface area contributed by atoms with Crippen LogP contribution in [0.25, 0.3) is 0 Å². The van der Waals surface area contributed by atoms with E-state index in [0.717, 1.165) is 0 Å². The van der Waals surface area contributed by atoms with Crippen molar-refractivity contribution in [3.05, 3.63) is 21.6 Å². The molecule has 11 heavy (non-hydrogen) atoms. The van der Waals surface area contributed by atoms with Crippen molar-refractivity contribution in [2.45, 2.75) is 6.61 Å². The van der Waals surface area contributed by atoms with E-state index in [1.165, 1.54) is 0 Å². The van der Waals surface area contributed by atoms with Gasteiger partial charge in [-0.05, 0) is 15.9 Å². The van der Waals surface area contributed by atoms with E-state index in [0.29, 0.717) is 22.1 Å². The summed E-state index contributed by atoms with van der Waals surface area (Å²) in [4.78, 5) is 7.91. The SMILES string of the molecule is COCc1ncc(Br)c(Cl)n1. The van der Waals surface area contributed by atoms with E-state index >= 15 is 0 Å². The van der Waals surface area contributed by atoms with Crippen LogP contribution in [0.4, 0.5) is 0 Å². The Bertz CT molecular complexity index is 256. The Kier molecular flexibility index (Phi) is 3.23. The largest absolute Gasteiger partial charge is 0.377 e. The van der Waals surface area contributed by atoms with E-state index in [9.17, 15) is 0 Å². The Morgan fingerprint density at radius 2 is 2.45 bits per heavy atom. The van der Waals surface area contributed by atoms with Crippen molar-refractivity contribution in [1.82, 2.24) is 9.97 Å². The molecule has 0 saturated heterocycles. The van der Waals surface area contributed by atoms with Crippen LogP contribution in [-0.2, 0) is 11.3 Å². The standard InChI is InChI=1S/C6H6BrClN2O/c1-11-3-5-9-2-4(7)6(8)10-5/h2H,3H2,1H3. The molecule has 0 unspecified atom stereocenters. The average molecular weight is 237 g/mol. The number of halogens is 2. The average Bonchev–Trinajstić information content (AvgIpc) is 1.98. The van der Waals surface area contributed by atoms with Gasteiger partial charge in [-0.1, -0.05) is 11.6 Å². The second kappa shape index (κ2) is 3.99. The van der Waals surface area contributed by atoms with Crippen molar-refractivity contribution < 1.29 is 4.74 Å². The minimum absolute atomic E-state index is 0.382. The first-order valence-electron chi connectivity index (χ1n) is 2.90. The van der Waals surface area contributed by atoms with Gasteiger partial charge in [0.2, 0.25) is 0 Å². The lowest BCUT2D eigenvalue weighted by Crippen LogP contribution is -1.96. The monoisotopic (exact) mass is 236 g/mol. The molecule has 0 aliphatic carbocycles. The number of hydrogen-bond acceptors (Lipinski definition) is 3. The van der Waals surface area contributed by atoms with Gasteiger partial charge in [0.25, 0.3) is 0 Å². The number of rotatable bonds is 2. The second-order valence-corrected chi connectivity index (χ2v) is 3.07. The molecule has 60 valence electrons. The maximum atomic E-state index is 5.70. The summed E-state index contributed by atoms with van der Waals surface area (Å²) < 4.78 is 5.52. The van der Waals surface area contributed by atoms with Gasteiger partial charge in [-0.3, -0.25) is 0 Å². The zero-order valence-electron chi connectivity index (χ0n) is 5.84. The molecule has 0 spiro atoms. The maximum Gasteiger partial charge on any atom is 0.155 e. The molecular formula is C6H6BrClN2O. The van der Waals surface area contributed by atoms with Gasteiger partial charge in [0.05, 0.1) is 4.47 Å². The van der Waals surface area contributed by atoms with Crippen LogP contribution < -0.4 is 0 Å². The molecule has 0 N–H and O–H groups in total. The molecule has 0 amide bonds. The molecule has 0 radical (unpaired) electrons. The smallest absolute Gasteiger partial charge is 0.155 e. The molecule has 1 heterocycles. The summed E-state index contributed by atoms with van der Waals surface area (Å²) in [5, 5.41) is 0.409. The third kappa shape index (κ3) is 2.39. The maximum absolute atomic E-state index is 5.70. The summed E-state index contributed by atoms with van der Waals surface area (Å²) in [5.41, 5.74) is 0. The highest BCUT2D eigenvalue weighted by atomic mass is 79.9. The second-order valence-electron chi connectivity index (χ2n) is 1.86. The molecule has 0 atom stereocenters.